The van der Waals surface area contributed by atoms with Gasteiger partial charge < -0.3 is 14.9 Å². The maximum Gasteiger partial charge on any atom is 0.0645 e. The molecular formula is C13H26O3. The van der Waals surface area contributed by atoms with Crippen molar-refractivity contribution in [3.63, 3.8) is 0 Å². The number of rotatable bonds is 3. The van der Waals surface area contributed by atoms with E-state index in [1.807, 2.05) is 13.8 Å². The first-order chi connectivity index (χ1) is 7.18. The second-order valence-electron chi connectivity index (χ2n) is 6.15. The van der Waals surface area contributed by atoms with Gasteiger partial charge in [-0.2, -0.15) is 0 Å². The van der Waals surface area contributed by atoms with Gasteiger partial charge in [-0.3, -0.25) is 0 Å². The van der Waals surface area contributed by atoms with E-state index in [1.165, 1.54) is 0 Å². The molecule has 0 aromatic carbocycles. The van der Waals surface area contributed by atoms with Crippen molar-refractivity contribution in [2.45, 2.75) is 52.2 Å². The number of aliphatic hydroxyl groups is 2. The Bertz CT molecular complexity index is 224. The highest BCUT2D eigenvalue weighted by Crippen LogP contribution is 2.41. The lowest BCUT2D eigenvalue weighted by Gasteiger charge is -2.48. The second kappa shape index (κ2) is 4.63. The standard InChI is InChI=1S/C13H26O3/c1-6-9-7-16-8-10(12(2,3)14)11(9)13(4,5)15/h9-11,14-15H,6-8H2,1-5H3/t9?,10-,11?/m1/s1. The van der Waals surface area contributed by atoms with Gasteiger partial charge in [-0.25, -0.2) is 0 Å². The van der Waals surface area contributed by atoms with Gasteiger partial charge in [0.05, 0.1) is 17.8 Å². The van der Waals surface area contributed by atoms with Crippen molar-refractivity contribution in [2.24, 2.45) is 17.8 Å². The molecule has 1 rings (SSSR count). The van der Waals surface area contributed by atoms with Gasteiger partial charge in [0, 0.05) is 12.5 Å². The molecule has 0 saturated carbocycles. The molecule has 0 spiro atoms. The lowest BCUT2D eigenvalue weighted by molar-refractivity contribution is -0.167. The van der Waals surface area contributed by atoms with Gasteiger partial charge in [0.2, 0.25) is 0 Å². The average molecular weight is 230 g/mol. The van der Waals surface area contributed by atoms with Crippen molar-refractivity contribution < 1.29 is 14.9 Å². The van der Waals surface area contributed by atoms with E-state index >= 15 is 0 Å². The SMILES string of the molecule is CCC1COC[C@@H](C(C)(C)O)C1C(C)(C)O. The number of ether oxygens (including phenoxy) is 1. The molecule has 1 aliphatic rings. The van der Waals surface area contributed by atoms with Crippen molar-refractivity contribution >= 4 is 0 Å². The van der Waals surface area contributed by atoms with E-state index in [1.54, 1.807) is 13.8 Å². The summed E-state index contributed by atoms with van der Waals surface area (Å²) in [5, 5.41) is 20.5. The van der Waals surface area contributed by atoms with Crippen molar-refractivity contribution in [2.75, 3.05) is 13.2 Å². The van der Waals surface area contributed by atoms with Crippen LogP contribution in [0.3, 0.4) is 0 Å². The van der Waals surface area contributed by atoms with Crippen molar-refractivity contribution in [1.82, 2.24) is 0 Å². The Morgan fingerprint density at radius 2 is 1.62 bits per heavy atom. The average Bonchev–Trinajstić information content (AvgIpc) is 2.13. The fourth-order valence-corrected chi connectivity index (χ4v) is 2.97. The van der Waals surface area contributed by atoms with E-state index in [-0.39, 0.29) is 11.8 Å². The Hall–Kier alpha value is -0.120. The van der Waals surface area contributed by atoms with Crippen LogP contribution in [0.4, 0.5) is 0 Å². The van der Waals surface area contributed by atoms with E-state index in [0.29, 0.717) is 19.1 Å². The third-order valence-electron chi connectivity index (χ3n) is 3.82. The third-order valence-corrected chi connectivity index (χ3v) is 3.82. The topological polar surface area (TPSA) is 49.7 Å². The molecule has 3 atom stereocenters. The summed E-state index contributed by atoms with van der Waals surface area (Å²) >= 11 is 0. The summed E-state index contributed by atoms with van der Waals surface area (Å²) in [5.41, 5.74) is -1.58. The van der Waals surface area contributed by atoms with E-state index < -0.39 is 11.2 Å². The zero-order valence-corrected chi connectivity index (χ0v) is 11.2. The summed E-state index contributed by atoms with van der Waals surface area (Å²) in [6.07, 6.45) is 0.973. The molecule has 1 heterocycles. The van der Waals surface area contributed by atoms with E-state index in [9.17, 15) is 10.2 Å². The van der Waals surface area contributed by atoms with Gasteiger partial charge in [-0.05, 0) is 39.5 Å². The first-order valence-corrected chi connectivity index (χ1v) is 6.20. The predicted molar refractivity (Wildman–Crippen MR) is 64.2 cm³/mol. The molecule has 0 aromatic heterocycles. The quantitative estimate of drug-likeness (QED) is 0.777. The van der Waals surface area contributed by atoms with E-state index in [2.05, 4.69) is 6.92 Å². The summed E-state index contributed by atoms with van der Waals surface area (Å²) in [4.78, 5) is 0. The minimum atomic E-state index is -0.807. The lowest BCUT2D eigenvalue weighted by atomic mass is 9.65. The Morgan fingerprint density at radius 1 is 1.06 bits per heavy atom. The van der Waals surface area contributed by atoms with Crippen molar-refractivity contribution in [3.05, 3.63) is 0 Å². The Labute approximate surface area is 98.8 Å². The summed E-state index contributed by atoms with van der Waals surface area (Å²) in [5.74, 6) is 0.405. The molecule has 0 amide bonds. The first-order valence-electron chi connectivity index (χ1n) is 6.20. The molecule has 0 radical (unpaired) electrons. The van der Waals surface area contributed by atoms with E-state index in [0.717, 1.165) is 6.42 Å². The molecule has 1 aliphatic heterocycles. The molecule has 0 aliphatic carbocycles. The summed E-state index contributed by atoms with van der Waals surface area (Å²) in [7, 11) is 0. The second-order valence-corrected chi connectivity index (χ2v) is 6.15. The maximum atomic E-state index is 10.3. The van der Waals surface area contributed by atoms with Crippen LogP contribution in [0.2, 0.25) is 0 Å². The van der Waals surface area contributed by atoms with Crippen LogP contribution in [0.5, 0.6) is 0 Å². The molecular weight excluding hydrogens is 204 g/mol. The van der Waals surface area contributed by atoms with Crippen LogP contribution in [0.1, 0.15) is 41.0 Å². The summed E-state index contributed by atoms with van der Waals surface area (Å²) in [6.45, 7) is 10.6. The molecule has 0 aromatic rings. The lowest BCUT2D eigenvalue weighted by Crippen LogP contribution is -2.54. The number of hydrogen-bond acceptors (Lipinski definition) is 3. The molecule has 2 unspecified atom stereocenters. The molecule has 96 valence electrons. The highest BCUT2D eigenvalue weighted by Gasteiger charge is 2.47. The van der Waals surface area contributed by atoms with Gasteiger partial charge in [0.25, 0.3) is 0 Å². The fraction of sp³-hybridized carbons (Fsp3) is 1.00. The number of hydrogen-bond donors (Lipinski definition) is 2. The van der Waals surface area contributed by atoms with Gasteiger partial charge in [0.15, 0.2) is 0 Å². The Morgan fingerprint density at radius 3 is 2.00 bits per heavy atom. The minimum absolute atomic E-state index is 0.00815. The van der Waals surface area contributed by atoms with Crippen molar-refractivity contribution in [1.29, 1.82) is 0 Å². The molecule has 0 bridgehead atoms. The fourth-order valence-electron chi connectivity index (χ4n) is 2.97. The zero-order chi connectivity index (χ0) is 12.6. The van der Waals surface area contributed by atoms with Gasteiger partial charge >= 0.3 is 0 Å². The largest absolute Gasteiger partial charge is 0.390 e. The van der Waals surface area contributed by atoms with Crippen LogP contribution in [-0.2, 0) is 4.74 Å². The zero-order valence-electron chi connectivity index (χ0n) is 11.2. The molecule has 16 heavy (non-hydrogen) atoms. The molecule has 3 heteroatoms. The van der Waals surface area contributed by atoms with Crippen LogP contribution in [-0.4, -0.2) is 34.6 Å². The highest BCUT2D eigenvalue weighted by atomic mass is 16.5. The van der Waals surface area contributed by atoms with Crippen LogP contribution in [0.25, 0.3) is 0 Å². The predicted octanol–water partition coefficient (Wildman–Crippen LogP) is 1.82. The van der Waals surface area contributed by atoms with Crippen LogP contribution in [0, 0.1) is 17.8 Å². The monoisotopic (exact) mass is 230 g/mol. The first kappa shape index (κ1) is 13.9. The maximum absolute atomic E-state index is 10.3. The van der Waals surface area contributed by atoms with E-state index in [4.69, 9.17) is 4.74 Å². The van der Waals surface area contributed by atoms with Crippen molar-refractivity contribution in [3.8, 4) is 0 Å². The summed E-state index contributed by atoms with van der Waals surface area (Å²) < 4.78 is 5.57. The molecule has 2 N–H and O–H groups in total. The smallest absolute Gasteiger partial charge is 0.0645 e. The summed E-state index contributed by atoms with van der Waals surface area (Å²) in [6, 6.07) is 0. The molecule has 1 saturated heterocycles. The molecule has 3 nitrogen and oxygen atoms in total. The van der Waals surface area contributed by atoms with Crippen LogP contribution in [0.15, 0.2) is 0 Å². The van der Waals surface area contributed by atoms with Gasteiger partial charge in [0.1, 0.15) is 0 Å². The van der Waals surface area contributed by atoms with Crippen LogP contribution < -0.4 is 0 Å². The highest BCUT2D eigenvalue weighted by molar-refractivity contribution is 4.96. The van der Waals surface area contributed by atoms with Gasteiger partial charge in [-0.15, -0.1) is 0 Å². The molecule has 1 fully saturated rings. The third kappa shape index (κ3) is 2.96. The Kier molecular flexibility index (Phi) is 4.04. The normalized spacial score (nSPS) is 32.8. The Balaban J connectivity index is 2.97. The van der Waals surface area contributed by atoms with Gasteiger partial charge in [-0.1, -0.05) is 13.3 Å². The van der Waals surface area contributed by atoms with Crippen LogP contribution >= 0.6 is 0 Å². The minimum Gasteiger partial charge on any atom is -0.390 e.